The van der Waals surface area contributed by atoms with E-state index in [0.29, 0.717) is 12.5 Å². The first-order chi connectivity index (χ1) is 14.1. The molecule has 1 aliphatic heterocycles. The highest BCUT2D eigenvalue weighted by Gasteiger charge is 2.36. The van der Waals surface area contributed by atoms with Crippen molar-refractivity contribution in [1.82, 2.24) is 14.9 Å². The molecule has 0 saturated heterocycles. The van der Waals surface area contributed by atoms with Crippen LogP contribution < -0.4 is 5.32 Å². The van der Waals surface area contributed by atoms with E-state index in [1.807, 2.05) is 41.3 Å². The standard InChI is InChI=1S/C23H24N4O2/c1-14-5-4-6-17-18(14)13-27(22(17)29)16-11-9-15(10-12-16)21(28)26-23-24-19-7-2-3-8-20(19)25-23/h2-8,15-16H,9-13H2,1H3,(H2,24,25,26,28). The van der Waals surface area contributed by atoms with Crippen molar-refractivity contribution in [3.63, 3.8) is 0 Å². The van der Waals surface area contributed by atoms with Crippen LogP contribution in [0.5, 0.6) is 0 Å². The Hall–Kier alpha value is -3.15. The highest BCUT2D eigenvalue weighted by Crippen LogP contribution is 2.34. The maximum Gasteiger partial charge on any atom is 0.254 e. The number of hydrogen-bond acceptors (Lipinski definition) is 3. The number of imidazole rings is 1. The summed E-state index contributed by atoms with van der Waals surface area (Å²) < 4.78 is 0. The van der Waals surface area contributed by atoms with Crippen molar-refractivity contribution in [3.05, 3.63) is 59.2 Å². The van der Waals surface area contributed by atoms with Gasteiger partial charge in [0.15, 0.2) is 0 Å². The molecule has 148 valence electrons. The number of amides is 2. The molecule has 1 saturated carbocycles. The summed E-state index contributed by atoms with van der Waals surface area (Å²) in [5.41, 5.74) is 4.93. The topological polar surface area (TPSA) is 78.1 Å². The molecule has 0 radical (unpaired) electrons. The summed E-state index contributed by atoms with van der Waals surface area (Å²) in [5.74, 6) is 0.605. The number of carbonyl (C=O) groups is 2. The molecule has 0 atom stereocenters. The molecule has 2 amide bonds. The molecule has 3 aromatic rings. The summed E-state index contributed by atoms with van der Waals surface area (Å²) in [6.07, 6.45) is 3.29. The highest BCUT2D eigenvalue weighted by atomic mass is 16.2. The van der Waals surface area contributed by atoms with Gasteiger partial charge in [0, 0.05) is 24.1 Å². The van der Waals surface area contributed by atoms with E-state index in [-0.39, 0.29) is 23.8 Å². The number of aromatic amines is 1. The van der Waals surface area contributed by atoms with Crippen molar-refractivity contribution in [2.75, 3.05) is 5.32 Å². The molecule has 2 heterocycles. The van der Waals surface area contributed by atoms with Crippen molar-refractivity contribution in [2.45, 2.75) is 45.2 Å². The number of para-hydroxylation sites is 2. The van der Waals surface area contributed by atoms with Gasteiger partial charge in [-0.05, 0) is 61.9 Å². The lowest BCUT2D eigenvalue weighted by molar-refractivity contribution is -0.121. The van der Waals surface area contributed by atoms with Crippen molar-refractivity contribution in [1.29, 1.82) is 0 Å². The van der Waals surface area contributed by atoms with Crippen LogP contribution in [-0.2, 0) is 11.3 Å². The molecule has 2 aliphatic rings. The van der Waals surface area contributed by atoms with Crippen molar-refractivity contribution in [3.8, 4) is 0 Å². The zero-order valence-corrected chi connectivity index (χ0v) is 16.4. The van der Waals surface area contributed by atoms with Gasteiger partial charge in [-0.1, -0.05) is 24.3 Å². The fraction of sp³-hybridized carbons (Fsp3) is 0.348. The molecular formula is C23H24N4O2. The van der Waals surface area contributed by atoms with Crippen LogP contribution in [0.25, 0.3) is 11.0 Å². The Bertz CT molecular complexity index is 1060. The Morgan fingerprint density at radius 3 is 2.66 bits per heavy atom. The summed E-state index contributed by atoms with van der Waals surface area (Å²) >= 11 is 0. The van der Waals surface area contributed by atoms with E-state index in [9.17, 15) is 9.59 Å². The molecule has 1 aromatic heterocycles. The first kappa shape index (κ1) is 17.9. The summed E-state index contributed by atoms with van der Waals surface area (Å²) in [4.78, 5) is 35.1. The molecule has 6 heteroatoms. The Balaban J connectivity index is 1.21. The van der Waals surface area contributed by atoms with Crippen LogP contribution in [0, 0.1) is 12.8 Å². The number of nitrogens with one attached hydrogen (secondary N) is 2. The molecule has 0 bridgehead atoms. The average molecular weight is 388 g/mol. The highest BCUT2D eigenvalue weighted by molar-refractivity contribution is 5.99. The number of rotatable bonds is 3. The first-order valence-electron chi connectivity index (χ1n) is 10.3. The lowest BCUT2D eigenvalue weighted by Crippen LogP contribution is -2.40. The van der Waals surface area contributed by atoms with E-state index in [1.54, 1.807) is 0 Å². The Morgan fingerprint density at radius 1 is 1.10 bits per heavy atom. The van der Waals surface area contributed by atoms with Gasteiger partial charge in [0.1, 0.15) is 0 Å². The zero-order chi connectivity index (χ0) is 20.0. The fourth-order valence-corrected chi connectivity index (χ4v) is 4.68. The minimum Gasteiger partial charge on any atom is -0.331 e. The monoisotopic (exact) mass is 388 g/mol. The van der Waals surface area contributed by atoms with Crippen LogP contribution in [0.1, 0.15) is 47.2 Å². The van der Waals surface area contributed by atoms with Crippen LogP contribution >= 0.6 is 0 Å². The van der Waals surface area contributed by atoms with Crippen molar-refractivity contribution < 1.29 is 9.59 Å². The van der Waals surface area contributed by atoms with Crippen LogP contribution in [0.15, 0.2) is 42.5 Å². The van der Waals surface area contributed by atoms with Crippen LogP contribution in [-0.4, -0.2) is 32.7 Å². The number of benzene rings is 2. The van der Waals surface area contributed by atoms with Crippen LogP contribution in [0.2, 0.25) is 0 Å². The number of nitrogens with zero attached hydrogens (tertiary/aromatic N) is 2. The van der Waals surface area contributed by atoms with Gasteiger partial charge in [0.2, 0.25) is 11.9 Å². The molecule has 0 unspecified atom stereocenters. The molecule has 2 N–H and O–H groups in total. The van der Waals surface area contributed by atoms with Gasteiger partial charge in [-0.25, -0.2) is 4.98 Å². The van der Waals surface area contributed by atoms with E-state index in [0.717, 1.165) is 47.8 Å². The SMILES string of the molecule is Cc1cccc2c1CN(C1CCC(C(=O)Nc3nc4ccccc4[nH]3)CC1)C2=O. The van der Waals surface area contributed by atoms with Gasteiger partial charge < -0.3 is 9.88 Å². The number of aryl methyl sites for hydroxylation is 1. The summed E-state index contributed by atoms with van der Waals surface area (Å²) in [6, 6.07) is 13.9. The van der Waals surface area contributed by atoms with E-state index in [1.165, 1.54) is 5.56 Å². The number of hydrogen-bond donors (Lipinski definition) is 2. The molecular weight excluding hydrogens is 364 g/mol. The third-order valence-electron chi connectivity index (χ3n) is 6.37. The van der Waals surface area contributed by atoms with Gasteiger partial charge in [-0.15, -0.1) is 0 Å². The largest absolute Gasteiger partial charge is 0.331 e. The average Bonchev–Trinajstić information content (AvgIpc) is 3.29. The number of fused-ring (bicyclic) bond motifs is 2. The van der Waals surface area contributed by atoms with Gasteiger partial charge in [-0.2, -0.15) is 0 Å². The summed E-state index contributed by atoms with van der Waals surface area (Å²) in [5, 5.41) is 2.93. The van der Waals surface area contributed by atoms with E-state index in [2.05, 4.69) is 28.3 Å². The lowest BCUT2D eigenvalue weighted by Gasteiger charge is -2.34. The number of aromatic nitrogens is 2. The molecule has 5 rings (SSSR count). The molecule has 6 nitrogen and oxygen atoms in total. The minimum atomic E-state index is -0.0405. The Morgan fingerprint density at radius 2 is 1.90 bits per heavy atom. The Labute approximate surface area is 169 Å². The Kier molecular flexibility index (Phi) is 4.34. The second-order valence-electron chi connectivity index (χ2n) is 8.13. The molecule has 2 aromatic carbocycles. The normalized spacial score (nSPS) is 21.4. The maximum atomic E-state index is 12.8. The van der Waals surface area contributed by atoms with Gasteiger partial charge in [0.25, 0.3) is 5.91 Å². The van der Waals surface area contributed by atoms with Crippen molar-refractivity contribution in [2.24, 2.45) is 5.92 Å². The molecule has 0 spiro atoms. The van der Waals surface area contributed by atoms with Crippen molar-refractivity contribution >= 4 is 28.8 Å². The van der Waals surface area contributed by atoms with E-state index in [4.69, 9.17) is 0 Å². The van der Waals surface area contributed by atoms with Gasteiger partial charge >= 0.3 is 0 Å². The van der Waals surface area contributed by atoms with E-state index < -0.39 is 0 Å². The third kappa shape index (κ3) is 3.18. The summed E-state index contributed by atoms with van der Waals surface area (Å²) in [7, 11) is 0. The molecule has 1 aliphatic carbocycles. The predicted molar refractivity (Wildman–Crippen MR) is 112 cm³/mol. The molecule has 29 heavy (non-hydrogen) atoms. The van der Waals surface area contributed by atoms with Gasteiger partial charge in [0.05, 0.1) is 11.0 Å². The van der Waals surface area contributed by atoms with E-state index >= 15 is 0 Å². The summed E-state index contributed by atoms with van der Waals surface area (Å²) in [6.45, 7) is 2.76. The second kappa shape index (κ2) is 7.03. The number of anilines is 1. The number of carbonyl (C=O) groups excluding carboxylic acids is 2. The zero-order valence-electron chi connectivity index (χ0n) is 16.4. The van der Waals surface area contributed by atoms with Crippen LogP contribution in [0.3, 0.4) is 0 Å². The molecule has 1 fully saturated rings. The quantitative estimate of drug-likeness (QED) is 0.711. The van der Waals surface area contributed by atoms with Crippen LogP contribution in [0.4, 0.5) is 5.95 Å². The predicted octanol–water partition coefficient (Wildman–Crippen LogP) is 4.02. The maximum absolute atomic E-state index is 12.8. The second-order valence-corrected chi connectivity index (χ2v) is 8.13. The minimum absolute atomic E-state index is 0.00869. The fourth-order valence-electron chi connectivity index (χ4n) is 4.68. The smallest absolute Gasteiger partial charge is 0.254 e. The third-order valence-corrected chi connectivity index (χ3v) is 6.37. The lowest BCUT2D eigenvalue weighted by atomic mass is 9.85. The first-order valence-corrected chi connectivity index (χ1v) is 10.3. The number of H-pyrrole nitrogens is 1. The van der Waals surface area contributed by atoms with Gasteiger partial charge in [-0.3, -0.25) is 14.9 Å².